The SMILES string of the molecule is CCC(CC)c1ncc(C#N)c(N)n1. The summed E-state index contributed by atoms with van der Waals surface area (Å²) in [5.74, 6) is 1.36. The largest absolute Gasteiger partial charge is 0.382 e. The zero-order valence-corrected chi connectivity index (χ0v) is 8.49. The molecule has 0 amide bonds. The second-order valence-corrected chi connectivity index (χ2v) is 3.15. The van der Waals surface area contributed by atoms with Crippen molar-refractivity contribution in [3.05, 3.63) is 17.6 Å². The first kappa shape index (κ1) is 10.5. The second kappa shape index (κ2) is 4.56. The Hall–Kier alpha value is -1.63. The molecule has 0 aromatic carbocycles. The van der Waals surface area contributed by atoms with Crippen LogP contribution in [-0.4, -0.2) is 9.97 Å². The molecule has 4 heteroatoms. The number of nitrogens with two attached hydrogens (primary N) is 1. The normalized spacial score (nSPS) is 10.1. The summed E-state index contributed by atoms with van der Waals surface area (Å²) < 4.78 is 0. The van der Waals surface area contributed by atoms with Gasteiger partial charge in [0.25, 0.3) is 0 Å². The lowest BCUT2D eigenvalue weighted by Gasteiger charge is -2.10. The lowest BCUT2D eigenvalue weighted by molar-refractivity contribution is 0.602. The summed E-state index contributed by atoms with van der Waals surface area (Å²) in [7, 11) is 0. The van der Waals surface area contributed by atoms with E-state index in [0.717, 1.165) is 18.7 Å². The van der Waals surface area contributed by atoms with Crippen LogP contribution in [0.25, 0.3) is 0 Å². The standard InChI is InChI=1S/C10H14N4/c1-3-7(4-2)10-13-6-8(5-11)9(12)14-10/h6-7H,3-4H2,1-2H3,(H2,12,13,14). The van der Waals surface area contributed by atoms with Crippen LogP contribution >= 0.6 is 0 Å². The van der Waals surface area contributed by atoms with Gasteiger partial charge in [0.15, 0.2) is 0 Å². The van der Waals surface area contributed by atoms with E-state index >= 15 is 0 Å². The highest BCUT2D eigenvalue weighted by molar-refractivity contribution is 5.46. The summed E-state index contributed by atoms with van der Waals surface area (Å²) >= 11 is 0. The van der Waals surface area contributed by atoms with Crippen LogP contribution in [-0.2, 0) is 0 Å². The Kier molecular flexibility index (Phi) is 3.41. The number of rotatable bonds is 3. The minimum Gasteiger partial charge on any atom is -0.382 e. The molecule has 1 aromatic rings. The van der Waals surface area contributed by atoms with E-state index in [1.54, 1.807) is 0 Å². The van der Waals surface area contributed by atoms with Crippen molar-refractivity contribution in [3.63, 3.8) is 0 Å². The molecule has 1 heterocycles. The summed E-state index contributed by atoms with van der Waals surface area (Å²) in [5, 5.41) is 8.65. The molecule has 0 aliphatic rings. The van der Waals surface area contributed by atoms with Gasteiger partial charge in [-0.25, -0.2) is 9.97 Å². The van der Waals surface area contributed by atoms with Crippen molar-refractivity contribution in [1.82, 2.24) is 9.97 Å². The zero-order chi connectivity index (χ0) is 10.6. The predicted molar refractivity (Wildman–Crippen MR) is 54.5 cm³/mol. The van der Waals surface area contributed by atoms with E-state index < -0.39 is 0 Å². The van der Waals surface area contributed by atoms with Crippen LogP contribution in [0.3, 0.4) is 0 Å². The van der Waals surface area contributed by atoms with Crippen molar-refractivity contribution < 1.29 is 0 Å². The van der Waals surface area contributed by atoms with E-state index in [2.05, 4.69) is 23.8 Å². The Labute approximate surface area is 83.8 Å². The second-order valence-electron chi connectivity index (χ2n) is 3.15. The van der Waals surface area contributed by atoms with Gasteiger partial charge in [-0.15, -0.1) is 0 Å². The maximum atomic E-state index is 8.65. The van der Waals surface area contributed by atoms with Gasteiger partial charge in [0.1, 0.15) is 23.3 Å². The highest BCUT2D eigenvalue weighted by Crippen LogP contribution is 2.20. The molecule has 2 N–H and O–H groups in total. The third kappa shape index (κ3) is 1.99. The van der Waals surface area contributed by atoms with Crippen molar-refractivity contribution in [2.75, 3.05) is 5.73 Å². The van der Waals surface area contributed by atoms with Crippen molar-refractivity contribution >= 4 is 5.82 Å². The number of anilines is 1. The van der Waals surface area contributed by atoms with E-state index in [4.69, 9.17) is 11.0 Å². The smallest absolute Gasteiger partial charge is 0.145 e. The molecule has 0 radical (unpaired) electrons. The third-order valence-corrected chi connectivity index (χ3v) is 2.31. The van der Waals surface area contributed by atoms with Gasteiger partial charge in [-0.2, -0.15) is 5.26 Å². The van der Waals surface area contributed by atoms with Crippen LogP contribution in [0.5, 0.6) is 0 Å². The monoisotopic (exact) mass is 190 g/mol. The summed E-state index contributed by atoms with van der Waals surface area (Å²) in [6.07, 6.45) is 3.47. The van der Waals surface area contributed by atoms with Crippen LogP contribution < -0.4 is 5.73 Å². The predicted octanol–water partition coefficient (Wildman–Crippen LogP) is 1.83. The first-order chi connectivity index (χ1) is 6.72. The maximum absolute atomic E-state index is 8.65. The first-order valence-electron chi connectivity index (χ1n) is 4.75. The van der Waals surface area contributed by atoms with Crippen LogP contribution in [0.1, 0.15) is 44.0 Å². The van der Waals surface area contributed by atoms with Gasteiger partial charge >= 0.3 is 0 Å². The summed E-state index contributed by atoms with van der Waals surface area (Å²) in [6, 6.07) is 1.95. The van der Waals surface area contributed by atoms with Crippen molar-refractivity contribution in [2.24, 2.45) is 0 Å². The highest BCUT2D eigenvalue weighted by Gasteiger charge is 2.11. The number of nitrogens with zero attached hydrogens (tertiary/aromatic N) is 3. The molecule has 4 nitrogen and oxygen atoms in total. The van der Waals surface area contributed by atoms with Gasteiger partial charge in [-0.3, -0.25) is 0 Å². The molecule has 0 fully saturated rings. The van der Waals surface area contributed by atoms with Gasteiger partial charge in [0.2, 0.25) is 0 Å². The number of aromatic nitrogens is 2. The lowest BCUT2D eigenvalue weighted by atomic mass is 10.0. The molecule has 14 heavy (non-hydrogen) atoms. The minimum absolute atomic E-state index is 0.282. The van der Waals surface area contributed by atoms with E-state index in [9.17, 15) is 0 Å². The zero-order valence-electron chi connectivity index (χ0n) is 8.49. The highest BCUT2D eigenvalue weighted by atomic mass is 14.9. The quantitative estimate of drug-likeness (QED) is 0.788. The summed E-state index contributed by atoms with van der Waals surface area (Å²) in [6.45, 7) is 4.18. The Morgan fingerprint density at radius 3 is 2.57 bits per heavy atom. The van der Waals surface area contributed by atoms with Gasteiger partial charge in [-0.05, 0) is 12.8 Å². The lowest BCUT2D eigenvalue weighted by Crippen LogP contribution is -2.06. The van der Waals surface area contributed by atoms with E-state index in [1.165, 1.54) is 6.20 Å². The van der Waals surface area contributed by atoms with Crippen LogP contribution in [0.4, 0.5) is 5.82 Å². The maximum Gasteiger partial charge on any atom is 0.145 e. The third-order valence-electron chi connectivity index (χ3n) is 2.31. The number of hydrogen-bond acceptors (Lipinski definition) is 4. The van der Waals surface area contributed by atoms with Gasteiger partial charge in [0.05, 0.1) is 6.20 Å². The fourth-order valence-electron chi connectivity index (χ4n) is 1.35. The molecule has 0 aliphatic heterocycles. The molecule has 0 atom stereocenters. The van der Waals surface area contributed by atoms with Crippen molar-refractivity contribution in [3.8, 4) is 6.07 Å². The van der Waals surface area contributed by atoms with Gasteiger partial charge in [-0.1, -0.05) is 13.8 Å². The van der Waals surface area contributed by atoms with Crippen molar-refractivity contribution in [2.45, 2.75) is 32.6 Å². The first-order valence-corrected chi connectivity index (χ1v) is 4.75. The molecule has 1 aromatic heterocycles. The molecular weight excluding hydrogens is 176 g/mol. The van der Waals surface area contributed by atoms with E-state index in [-0.39, 0.29) is 5.82 Å². The Morgan fingerprint density at radius 2 is 2.14 bits per heavy atom. The van der Waals surface area contributed by atoms with Crippen LogP contribution in [0.2, 0.25) is 0 Å². The summed E-state index contributed by atoms with van der Waals surface area (Å²) in [5.41, 5.74) is 5.95. The molecule has 0 saturated carbocycles. The fraction of sp³-hybridized carbons (Fsp3) is 0.500. The minimum atomic E-state index is 0.282. The Morgan fingerprint density at radius 1 is 1.50 bits per heavy atom. The Balaban J connectivity index is 3.02. The van der Waals surface area contributed by atoms with Gasteiger partial charge < -0.3 is 5.73 Å². The number of hydrogen-bond donors (Lipinski definition) is 1. The number of nitrogen functional groups attached to an aromatic ring is 1. The molecular formula is C10H14N4. The molecule has 0 unspecified atom stereocenters. The Bertz CT molecular complexity index is 350. The molecule has 0 aliphatic carbocycles. The average molecular weight is 190 g/mol. The molecule has 74 valence electrons. The summed E-state index contributed by atoms with van der Waals surface area (Å²) in [4.78, 5) is 8.27. The number of nitriles is 1. The topological polar surface area (TPSA) is 75.6 Å². The molecule has 0 spiro atoms. The molecule has 0 bridgehead atoms. The fourth-order valence-corrected chi connectivity index (χ4v) is 1.35. The van der Waals surface area contributed by atoms with Crippen LogP contribution in [0, 0.1) is 11.3 Å². The molecule has 0 saturated heterocycles. The van der Waals surface area contributed by atoms with Crippen molar-refractivity contribution in [1.29, 1.82) is 5.26 Å². The molecule has 1 rings (SSSR count). The van der Waals surface area contributed by atoms with Gasteiger partial charge in [0, 0.05) is 5.92 Å². The average Bonchev–Trinajstić information content (AvgIpc) is 2.20. The van der Waals surface area contributed by atoms with E-state index in [0.29, 0.717) is 11.5 Å². The van der Waals surface area contributed by atoms with Crippen LogP contribution in [0.15, 0.2) is 6.20 Å². The van der Waals surface area contributed by atoms with E-state index in [1.807, 2.05) is 6.07 Å².